The van der Waals surface area contributed by atoms with Gasteiger partial charge in [-0.1, -0.05) is 60.7 Å². The lowest BCUT2D eigenvalue weighted by Gasteiger charge is -2.30. The van der Waals surface area contributed by atoms with Gasteiger partial charge in [-0.3, -0.25) is 9.36 Å². The van der Waals surface area contributed by atoms with Gasteiger partial charge in [-0.05, 0) is 61.8 Å². The van der Waals surface area contributed by atoms with E-state index in [0.29, 0.717) is 85.9 Å². The lowest BCUT2D eigenvalue weighted by molar-refractivity contribution is 0.0873. The van der Waals surface area contributed by atoms with Crippen molar-refractivity contribution in [1.82, 2.24) is 29.5 Å². The Balaban J connectivity index is 0.000000167. The molecule has 0 unspecified atom stereocenters. The number of aliphatic hydroxyl groups excluding tert-OH is 2. The molecular formula is C40H42N10O4. The summed E-state index contributed by atoms with van der Waals surface area (Å²) in [6.07, 6.45) is 6.01. The Bertz CT molecular complexity index is 2120. The number of aliphatic hydroxyl groups is 2. The summed E-state index contributed by atoms with van der Waals surface area (Å²) in [5.41, 5.74) is 16.0. The molecule has 6 aromatic rings. The van der Waals surface area contributed by atoms with Crippen LogP contribution in [0.1, 0.15) is 61.7 Å². The summed E-state index contributed by atoms with van der Waals surface area (Å²) in [6, 6.07) is 27.7. The second kappa shape index (κ2) is 16.2. The number of benzene rings is 2. The molecule has 2 aromatic carbocycles. The first kappa shape index (κ1) is 36.2. The Morgan fingerprint density at radius 3 is 1.43 bits per heavy atom. The number of fused-ring (bicyclic) bond motifs is 2. The van der Waals surface area contributed by atoms with E-state index in [9.17, 15) is 20.7 Å². The zero-order valence-electron chi connectivity index (χ0n) is 29.6. The van der Waals surface area contributed by atoms with E-state index < -0.39 is 12.2 Å². The molecule has 54 heavy (non-hydrogen) atoms. The highest BCUT2D eigenvalue weighted by Gasteiger charge is 2.34. The molecule has 8 rings (SSSR count). The highest BCUT2D eigenvalue weighted by molar-refractivity contribution is 5.94. The van der Waals surface area contributed by atoms with Gasteiger partial charge in [0.2, 0.25) is 11.8 Å². The molecule has 6 N–H and O–H groups in total. The van der Waals surface area contributed by atoms with E-state index in [2.05, 4.69) is 32.3 Å². The third kappa shape index (κ3) is 7.62. The van der Waals surface area contributed by atoms with Crippen LogP contribution in [0.3, 0.4) is 0 Å². The number of anilines is 2. The third-order valence-electron chi connectivity index (χ3n) is 10.2. The largest absolute Gasteiger partial charge is 0.472 e. The van der Waals surface area contributed by atoms with Gasteiger partial charge in [0.25, 0.3) is 0 Å². The van der Waals surface area contributed by atoms with Gasteiger partial charge >= 0.3 is 0 Å². The fraction of sp³-hybridized carbons (Fsp3) is 0.350. The number of hydrogen-bond donors (Lipinski definition) is 4. The van der Waals surface area contributed by atoms with Crippen molar-refractivity contribution >= 4 is 33.4 Å². The number of pyridine rings is 2. The standard InChI is InChI=1S/2C20H21N5O2/c2*21-11-14-10-15(26)6-7-16(14)25-17-8-9-23-20(18(17)19(22)24-25)27-12-13-4-2-1-3-5-13/h2*1-5,8-9,14-16,26H,6-7,10,12H2,(H2,22,24)/t2*14-,15-,16+/m10/s1. The number of aromatic nitrogens is 6. The van der Waals surface area contributed by atoms with Gasteiger partial charge in [-0.2, -0.15) is 20.7 Å². The van der Waals surface area contributed by atoms with Crippen LogP contribution in [-0.2, 0) is 13.2 Å². The monoisotopic (exact) mass is 726 g/mol. The van der Waals surface area contributed by atoms with Crippen LogP contribution in [0.5, 0.6) is 11.8 Å². The van der Waals surface area contributed by atoms with Crippen molar-refractivity contribution in [3.63, 3.8) is 0 Å². The first-order valence-corrected chi connectivity index (χ1v) is 18.1. The second-order valence-electron chi connectivity index (χ2n) is 13.8. The number of nitriles is 2. The predicted molar refractivity (Wildman–Crippen MR) is 201 cm³/mol. The van der Waals surface area contributed by atoms with Gasteiger partial charge in [0, 0.05) is 12.4 Å². The number of nitrogens with zero attached hydrogens (tertiary/aromatic N) is 8. The highest BCUT2D eigenvalue weighted by atomic mass is 16.5. The van der Waals surface area contributed by atoms with Crippen LogP contribution in [0.25, 0.3) is 21.8 Å². The van der Waals surface area contributed by atoms with Gasteiger partial charge < -0.3 is 31.2 Å². The lowest BCUT2D eigenvalue weighted by Crippen LogP contribution is -2.29. The molecule has 0 aliphatic heterocycles. The number of ether oxygens (including phenoxy) is 2. The van der Waals surface area contributed by atoms with Crippen molar-refractivity contribution in [2.75, 3.05) is 11.5 Å². The fourth-order valence-corrected chi connectivity index (χ4v) is 7.47. The normalized spacial score (nSPS) is 22.4. The Morgan fingerprint density at radius 1 is 0.630 bits per heavy atom. The maximum atomic E-state index is 9.88. The molecule has 0 radical (unpaired) electrons. The van der Waals surface area contributed by atoms with E-state index in [-0.39, 0.29) is 23.9 Å². The minimum Gasteiger partial charge on any atom is -0.472 e. The number of hydrogen-bond acceptors (Lipinski definition) is 12. The molecule has 2 aliphatic carbocycles. The maximum absolute atomic E-state index is 9.88. The number of nitrogen functional groups attached to an aromatic ring is 2. The minimum atomic E-state index is -0.434. The SMILES string of the molecule is N#C[C@@H]1C[C@@H](O)CC[C@H]1n1nc(N)c2c(OCc3ccccc3)nccc21.N#C[C@H]1C[C@H](O)CC[C@@H]1n1nc(N)c2c(OCc3ccccc3)nccc21. The Morgan fingerprint density at radius 2 is 1.04 bits per heavy atom. The number of nitrogens with two attached hydrogens (primary N) is 2. The Hall–Kier alpha value is -6.22. The molecule has 0 amide bonds. The third-order valence-corrected chi connectivity index (χ3v) is 10.2. The Labute approximate surface area is 312 Å². The average molecular weight is 727 g/mol. The minimum absolute atomic E-state index is 0.123. The van der Waals surface area contributed by atoms with E-state index in [4.69, 9.17) is 20.9 Å². The second-order valence-corrected chi connectivity index (χ2v) is 13.8. The number of rotatable bonds is 8. The summed E-state index contributed by atoms with van der Waals surface area (Å²) in [6.45, 7) is 0.766. The van der Waals surface area contributed by atoms with Crippen molar-refractivity contribution in [3.8, 4) is 23.9 Å². The first-order chi connectivity index (χ1) is 26.3. The smallest absolute Gasteiger partial charge is 0.227 e. The molecule has 14 heteroatoms. The summed E-state index contributed by atoms with van der Waals surface area (Å²) in [5, 5.41) is 49.1. The summed E-state index contributed by atoms with van der Waals surface area (Å²) < 4.78 is 15.4. The van der Waals surface area contributed by atoms with Crippen molar-refractivity contribution in [3.05, 3.63) is 96.3 Å². The van der Waals surface area contributed by atoms with E-state index in [0.717, 1.165) is 22.2 Å². The van der Waals surface area contributed by atoms with Crippen molar-refractivity contribution in [1.29, 1.82) is 10.5 Å². The van der Waals surface area contributed by atoms with E-state index in [1.165, 1.54) is 0 Å². The van der Waals surface area contributed by atoms with Crippen molar-refractivity contribution in [2.45, 2.75) is 76.0 Å². The Kier molecular flexibility index (Phi) is 10.8. The van der Waals surface area contributed by atoms with Crippen LogP contribution in [-0.4, -0.2) is 51.9 Å². The predicted octanol–water partition coefficient (Wildman–Crippen LogP) is 5.64. The molecule has 2 fully saturated rings. The van der Waals surface area contributed by atoms with Gasteiger partial charge in [0.05, 0.1) is 59.3 Å². The van der Waals surface area contributed by atoms with Crippen LogP contribution in [0.2, 0.25) is 0 Å². The van der Waals surface area contributed by atoms with Gasteiger partial charge in [0.15, 0.2) is 11.6 Å². The highest BCUT2D eigenvalue weighted by Crippen LogP contribution is 2.40. The average Bonchev–Trinajstić information content (AvgIpc) is 3.73. The quantitative estimate of drug-likeness (QED) is 0.150. The van der Waals surface area contributed by atoms with Crippen LogP contribution in [0.4, 0.5) is 11.6 Å². The maximum Gasteiger partial charge on any atom is 0.227 e. The van der Waals surface area contributed by atoms with Crippen molar-refractivity contribution < 1.29 is 19.7 Å². The molecule has 4 heterocycles. The molecule has 0 saturated heterocycles. The molecule has 6 atom stereocenters. The summed E-state index contributed by atoms with van der Waals surface area (Å²) in [5.74, 6) is 0.929. The topological polar surface area (TPSA) is 220 Å². The summed E-state index contributed by atoms with van der Waals surface area (Å²) in [4.78, 5) is 8.66. The van der Waals surface area contributed by atoms with Crippen LogP contribution in [0.15, 0.2) is 85.2 Å². The van der Waals surface area contributed by atoms with Crippen LogP contribution in [0, 0.1) is 34.5 Å². The van der Waals surface area contributed by atoms with Gasteiger partial charge in [-0.25, -0.2) is 9.97 Å². The molecule has 2 aliphatic rings. The fourth-order valence-electron chi connectivity index (χ4n) is 7.47. The summed E-state index contributed by atoms with van der Waals surface area (Å²) >= 11 is 0. The lowest BCUT2D eigenvalue weighted by atomic mass is 9.84. The molecule has 4 aromatic heterocycles. The van der Waals surface area contributed by atoms with E-state index in [1.54, 1.807) is 12.4 Å². The van der Waals surface area contributed by atoms with Crippen LogP contribution >= 0.6 is 0 Å². The van der Waals surface area contributed by atoms with Gasteiger partial charge in [-0.15, -0.1) is 0 Å². The molecular weight excluding hydrogens is 685 g/mol. The zero-order valence-corrected chi connectivity index (χ0v) is 29.6. The van der Waals surface area contributed by atoms with E-state index >= 15 is 0 Å². The molecule has 2 saturated carbocycles. The molecule has 0 bridgehead atoms. The van der Waals surface area contributed by atoms with Crippen molar-refractivity contribution in [2.24, 2.45) is 11.8 Å². The van der Waals surface area contributed by atoms with Crippen LogP contribution < -0.4 is 20.9 Å². The first-order valence-electron chi connectivity index (χ1n) is 18.1. The van der Waals surface area contributed by atoms with E-state index in [1.807, 2.05) is 82.2 Å². The molecule has 0 spiro atoms. The molecule has 14 nitrogen and oxygen atoms in total. The molecule has 276 valence electrons. The zero-order chi connectivity index (χ0) is 37.6. The van der Waals surface area contributed by atoms with Gasteiger partial charge in [0.1, 0.15) is 24.0 Å². The summed E-state index contributed by atoms with van der Waals surface area (Å²) in [7, 11) is 0.